The van der Waals surface area contributed by atoms with E-state index in [0.29, 0.717) is 37.6 Å². The molecule has 1 amide bonds. The third kappa shape index (κ3) is 6.72. The SMILES string of the molecule is CCOc1cc(C2/C(=C(\[O-])c3ccc(OCc4cccc(C)c4)cc3)C(=O)C(=O)N2CC[NH+](CC)CC)ccc1O. The summed E-state index contributed by atoms with van der Waals surface area (Å²) in [4.78, 5) is 29.4. The van der Waals surface area contributed by atoms with Gasteiger partial charge < -0.3 is 29.5 Å². The molecule has 3 aromatic rings. The molecular weight excluding hydrogens is 520 g/mol. The van der Waals surface area contributed by atoms with Crippen LogP contribution in [-0.2, 0) is 16.2 Å². The number of Topliss-reactive ketones (excluding diaryl/α,β-unsaturated/α-hetero) is 1. The lowest BCUT2D eigenvalue weighted by atomic mass is 9.95. The first-order valence-electron chi connectivity index (χ1n) is 14.1. The fourth-order valence-corrected chi connectivity index (χ4v) is 5.13. The number of rotatable bonds is 12. The van der Waals surface area contributed by atoms with E-state index in [-0.39, 0.29) is 22.6 Å². The minimum absolute atomic E-state index is 0.0560. The van der Waals surface area contributed by atoms with Gasteiger partial charge in [0.05, 0.1) is 38.8 Å². The number of hydrogen-bond donors (Lipinski definition) is 2. The lowest BCUT2D eigenvalue weighted by Crippen LogP contribution is -3.12. The molecule has 216 valence electrons. The van der Waals surface area contributed by atoms with Crippen molar-refractivity contribution in [3.8, 4) is 17.2 Å². The van der Waals surface area contributed by atoms with Gasteiger partial charge in [0.25, 0.3) is 5.91 Å². The van der Waals surface area contributed by atoms with Crippen LogP contribution in [-0.4, -0.2) is 54.5 Å². The number of hydrogen-bond acceptors (Lipinski definition) is 6. The van der Waals surface area contributed by atoms with E-state index in [9.17, 15) is 19.8 Å². The number of carbonyl (C=O) groups is 2. The molecule has 41 heavy (non-hydrogen) atoms. The van der Waals surface area contributed by atoms with Crippen LogP contribution in [0.5, 0.6) is 17.2 Å². The first-order chi connectivity index (χ1) is 19.8. The first kappa shape index (κ1) is 29.7. The van der Waals surface area contributed by atoms with Gasteiger partial charge in [-0.3, -0.25) is 9.59 Å². The lowest BCUT2D eigenvalue weighted by Gasteiger charge is -2.29. The van der Waals surface area contributed by atoms with E-state index in [1.54, 1.807) is 43.3 Å². The molecule has 8 nitrogen and oxygen atoms in total. The first-order valence-corrected chi connectivity index (χ1v) is 14.1. The Morgan fingerprint density at radius 1 is 0.976 bits per heavy atom. The monoisotopic (exact) mass is 558 g/mol. The summed E-state index contributed by atoms with van der Waals surface area (Å²) in [6, 6.07) is 18.4. The van der Waals surface area contributed by atoms with E-state index in [2.05, 4.69) is 13.8 Å². The smallest absolute Gasteiger partial charge is 0.295 e. The quantitative estimate of drug-likeness (QED) is 0.201. The maximum Gasteiger partial charge on any atom is 0.295 e. The number of nitrogens with one attached hydrogen (secondary N) is 1. The van der Waals surface area contributed by atoms with Crippen molar-refractivity contribution in [1.29, 1.82) is 0 Å². The number of ketones is 1. The molecule has 4 rings (SSSR count). The average Bonchev–Trinajstić information content (AvgIpc) is 3.23. The van der Waals surface area contributed by atoms with Crippen LogP contribution >= 0.6 is 0 Å². The van der Waals surface area contributed by atoms with Crippen LogP contribution in [0.15, 0.2) is 72.3 Å². The summed E-state index contributed by atoms with van der Waals surface area (Å²) in [5, 5.41) is 24.1. The summed E-state index contributed by atoms with van der Waals surface area (Å²) in [5.74, 6) is -1.26. The summed E-state index contributed by atoms with van der Waals surface area (Å²) in [7, 11) is 0. The number of ether oxygens (including phenoxy) is 2. The van der Waals surface area contributed by atoms with Crippen LogP contribution in [0.3, 0.4) is 0 Å². The zero-order valence-electron chi connectivity index (χ0n) is 24.1. The Balaban J connectivity index is 1.68. The topological polar surface area (TPSA) is 104 Å². The molecule has 0 saturated carbocycles. The number of aromatic hydroxyl groups is 1. The summed E-state index contributed by atoms with van der Waals surface area (Å²) < 4.78 is 11.5. The zero-order chi connectivity index (χ0) is 29.5. The Bertz CT molecular complexity index is 1410. The van der Waals surface area contributed by atoms with Crippen molar-refractivity contribution in [3.05, 3.63) is 94.6 Å². The van der Waals surface area contributed by atoms with Crippen molar-refractivity contribution in [2.45, 2.75) is 40.3 Å². The van der Waals surface area contributed by atoms with E-state index in [0.717, 1.165) is 24.2 Å². The Kier molecular flexibility index (Phi) is 9.68. The van der Waals surface area contributed by atoms with Crippen molar-refractivity contribution >= 4 is 17.4 Å². The molecule has 1 aliphatic rings. The molecule has 0 aliphatic carbocycles. The average molecular weight is 559 g/mol. The molecule has 0 spiro atoms. The van der Waals surface area contributed by atoms with Gasteiger partial charge in [-0.2, -0.15) is 0 Å². The molecule has 0 aromatic heterocycles. The lowest BCUT2D eigenvalue weighted by molar-refractivity contribution is -0.895. The fraction of sp³-hybridized carbons (Fsp3) is 0.333. The molecule has 1 fully saturated rings. The molecule has 1 atom stereocenters. The number of carbonyl (C=O) groups excluding carboxylic acids is 2. The van der Waals surface area contributed by atoms with Gasteiger partial charge >= 0.3 is 0 Å². The predicted molar refractivity (Wildman–Crippen MR) is 155 cm³/mol. The molecule has 0 radical (unpaired) electrons. The van der Waals surface area contributed by atoms with Crippen molar-refractivity contribution in [2.24, 2.45) is 0 Å². The third-order valence-corrected chi connectivity index (χ3v) is 7.44. The largest absolute Gasteiger partial charge is 0.872 e. The highest BCUT2D eigenvalue weighted by molar-refractivity contribution is 6.46. The number of benzene rings is 3. The fourth-order valence-electron chi connectivity index (χ4n) is 5.13. The van der Waals surface area contributed by atoms with Crippen LogP contribution in [0.25, 0.3) is 5.76 Å². The number of likely N-dealkylation sites (tertiary alicyclic amines) is 1. The number of aryl methyl sites for hydroxylation is 1. The molecule has 8 heteroatoms. The van der Waals surface area contributed by atoms with Crippen molar-refractivity contribution in [1.82, 2.24) is 4.90 Å². The second-order valence-electron chi connectivity index (χ2n) is 10.1. The second-order valence-corrected chi connectivity index (χ2v) is 10.1. The highest BCUT2D eigenvalue weighted by atomic mass is 16.5. The van der Waals surface area contributed by atoms with Gasteiger partial charge in [0.15, 0.2) is 11.5 Å². The number of phenolic OH excluding ortho intramolecular Hbond substituents is 1. The molecule has 0 bridgehead atoms. The molecule has 1 heterocycles. The van der Waals surface area contributed by atoms with Gasteiger partial charge in [0.2, 0.25) is 5.78 Å². The van der Waals surface area contributed by atoms with Gasteiger partial charge in [0, 0.05) is 5.57 Å². The molecule has 3 aromatic carbocycles. The zero-order valence-corrected chi connectivity index (χ0v) is 24.1. The van der Waals surface area contributed by atoms with E-state index in [1.165, 1.54) is 15.9 Å². The van der Waals surface area contributed by atoms with Crippen molar-refractivity contribution < 1.29 is 34.2 Å². The van der Waals surface area contributed by atoms with Crippen LogP contribution in [0.2, 0.25) is 0 Å². The predicted octanol–water partition coefficient (Wildman–Crippen LogP) is 2.83. The Morgan fingerprint density at radius 2 is 1.71 bits per heavy atom. The Morgan fingerprint density at radius 3 is 2.37 bits per heavy atom. The summed E-state index contributed by atoms with van der Waals surface area (Å²) in [6.45, 7) is 11.3. The van der Waals surface area contributed by atoms with Gasteiger partial charge in [-0.1, -0.05) is 53.8 Å². The molecule has 1 saturated heterocycles. The van der Waals surface area contributed by atoms with E-state index in [4.69, 9.17) is 9.47 Å². The number of likely N-dealkylation sites (N-methyl/N-ethyl adjacent to an activating group) is 1. The van der Waals surface area contributed by atoms with Crippen molar-refractivity contribution in [2.75, 3.05) is 32.8 Å². The minimum Gasteiger partial charge on any atom is -0.872 e. The van der Waals surface area contributed by atoms with Crippen LogP contribution < -0.4 is 19.5 Å². The second kappa shape index (κ2) is 13.4. The molecule has 1 unspecified atom stereocenters. The van der Waals surface area contributed by atoms with Gasteiger partial charge in [-0.25, -0.2) is 0 Å². The number of amides is 1. The van der Waals surface area contributed by atoms with E-state index >= 15 is 0 Å². The standard InChI is InChI=1S/C33H38N2O6/c1-5-34(6-2)17-18-35-30(25-13-16-27(36)28(20-25)40-7-3)29(32(38)33(35)39)31(37)24-11-14-26(15-12-24)41-21-23-10-8-9-22(4)19-23/h8-16,19-20,30,36-37H,5-7,17-18,21H2,1-4H3/b31-29+. The van der Waals surface area contributed by atoms with Gasteiger partial charge in [-0.15, -0.1) is 0 Å². The summed E-state index contributed by atoms with van der Waals surface area (Å²) in [5.41, 5.74) is 2.89. The van der Waals surface area contributed by atoms with E-state index in [1.807, 2.05) is 31.2 Å². The van der Waals surface area contributed by atoms with Crippen LogP contribution in [0.4, 0.5) is 0 Å². The van der Waals surface area contributed by atoms with Gasteiger partial charge in [-0.05, 0) is 68.7 Å². The highest BCUT2D eigenvalue weighted by Crippen LogP contribution is 2.41. The maximum absolute atomic E-state index is 13.8. The van der Waals surface area contributed by atoms with Gasteiger partial charge in [0.1, 0.15) is 12.4 Å². The Labute approximate surface area is 241 Å². The molecule has 2 N–H and O–H groups in total. The number of phenols is 1. The molecule has 1 aliphatic heterocycles. The number of nitrogens with zero attached hydrogens (tertiary/aromatic N) is 1. The molecular formula is C33H38N2O6. The normalized spacial score (nSPS) is 16.4. The van der Waals surface area contributed by atoms with Crippen LogP contribution in [0, 0.1) is 6.92 Å². The van der Waals surface area contributed by atoms with E-state index < -0.39 is 23.5 Å². The van der Waals surface area contributed by atoms with Crippen molar-refractivity contribution in [3.63, 3.8) is 0 Å². The van der Waals surface area contributed by atoms with Crippen LogP contribution in [0.1, 0.15) is 49.1 Å². The summed E-state index contributed by atoms with van der Waals surface area (Å²) >= 11 is 0. The third-order valence-electron chi connectivity index (χ3n) is 7.44. The summed E-state index contributed by atoms with van der Waals surface area (Å²) in [6.07, 6.45) is 0. The highest BCUT2D eigenvalue weighted by Gasteiger charge is 2.44. The minimum atomic E-state index is -0.894. The maximum atomic E-state index is 13.8. The Hall–Kier alpha value is -4.30. The number of quaternary nitrogens is 1.